The number of nitrogens with two attached hydrogens (primary N) is 1. The van der Waals surface area contributed by atoms with Crippen LogP contribution in [0.3, 0.4) is 0 Å². The molecule has 1 fully saturated rings. The molecule has 0 spiro atoms. The van der Waals surface area contributed by atoms with Gasteiger partial charge in [-0.1, -0.05) is 17.7 Å². The second kappa shape index (κ2) is 6.92. The highest BCUT2D eigenvalue weighted by Crippen LogP contribution is 2.21. The van der Waals surface area contributed by atoms with Gasteiger partial charge in [-0.3, -0.25) is 0 Å². The zero-order valence-corrected chi connectivity index (χ0v) is 12.1. The van der Waals surface area contributed by atoms with Gasteiger partial charge in [-0.05, 0) is 51.8 Å². The summed E-state index contributed by atoms with van der Waals surface area (Å²) in [5.41, 5.74) is 7.21. The maximum atomic E-state index is 5.94. The Balaban J connectivity index is 1.69. The summed E-state index contributed by atoms with van der Waals surface area (Å²) in [5.74, 6) is 0.963. The Hall–Kier alpha value is -1.06. The molecule has 3 heteroatoms. The number of rotatable bonds is 5. The molecule has 0 atom stereocenters. The Morgan fingerprint density at radius 3 is 2.42 bits per heavy atom. The molecule has 0 amide bonds. The molecule has 1 aromatic carbocycles. The van der Waals surface area contributed by atoms with Crippen LogP contribution in [-0.4, -0.2) is 37.2 Å². The lowest BCUT2D eigenvalue weighted by atomic mass is 9.91. The van der Waals surface area contributed by atoms with Crippen molar-refractivity contribution in [1.29, 1.82) is 0 Å². The van der Waals surface area contributed by atoms with E-state index in [2.05, 4.69) is 31.0 Å². The van der Waals surface area contributed by atoms with Crippen LogP contribution in [0.5, 0.6) is 5.75 Å². The van der Waals surface area contributed by atoms with Gasteiger partial charge in [-0.2, -0.15) is 0 Å². The SMILES string of the molecule is Cc1ccc(OCCN(C)C2CCC(N)CC2)cc1. The number of ether oxygens (including phenoxy) is 1. The number of benzene rings is 1. The molecule has 3 nitrogen and oxygen atoms in total. The third-order valence-electron chi connectivity index (χ3n) is 4.10. The van der Waals surface area contributed by atoms with Crippen LogP contribution in [0.4, 0.5) is 0 Å². The van der Waals surface area contributed by atoms with E-state index in [4.69, 9.17) is 10.5 Å². The van der Waals surface area contributed by atoms with Crippen molar-refractivity contribution in [2.45, 2.75) is 44.7 Å². The fraction of sp³-hybridized carbons (Fsp3) is 0.625. The predicted octanol–water partition coefficient (Wildman–Crippen LogP) is 2.58. The first kappa shape index (κ1) is 14.4. The molecule has 1 aliphatic rings. The van der Waals surface area contributed by atoms with Crippen LogP contribution in [0.2, 0.25) is 0 Å². The maximum Gasteiger partial charge on any atom is 0.119 e. The summed E-state index contributed by atoms with van der Waals surface area (Å²) in [6.45, 7) is 3.82. The molecule has 1 aliphatic carbocycles. The van der Waals surface area contributed by atoms with E-state index >= 15 is 0 Å². The number of likely N-dealkylation sites (N-methyl/N-ethyl adjacent to an activating group) is 1. The van der Waals surface area contributed by atoms with Crippen LogP contribution in [0.25, 0.3) is 0 Å². The molecule has 0 saturated heterocycles. The third kappa shape index (κ3) is 4.51. The van der Waals surface area contributed by atoms with Gasteiger partial charge < -0.3 is 15.4 Å². The molecular formula is C16H26N2O. The normalized spacial score (nSPS) is 23.6. The number of hydrogen-bond donors (Lipinski definition) is 1. The van der Waals surface area contributed by atoms with E-state index in [9.17, 15) is 0 Å². The summed E-state index contributed by atoms with van der Waals surface area (Å²) in [7, 11) is 2.19. The Kier molecular flexibility index (Phi) is 5.23. The molecule has 0 bridgehead atoms. The van der Waals surface area contributed by atoms with E-state index < -0.39 is 0 Å². The summed E-state index contributed by atoms with van der Waals surface area (Å²) in [4.78, 5) is 2.42. The van der Waals surface area contributed by atoms with Crippen molar-refractivity contribution in [3.63, 3.8) is 0 Å². The van der Waals surface area contributed by atoms with E-state index in [1.54, 1.807) is 0 Å². The summed E-state index contributed by atoms with van der Waals surface area (Å²) >= 11 is 0. The van der Waals surface area contributed by atoms with Crippen molar-refractivity contribution in [3.05, 3.63) is 29.8 Å². The summed E-state index contributed by atoms with van der Waals surface area (Å²) in [6, 6.07) is 9.35. The van der Waals surface area contributed by atoms with Crippen LogP contribution < -0.4 is 10.5 Å². The molecule has 1 saturated carbocycles. The average Bonchev–Trinajstić information content (AvgIpc) is 2.41. The van der Waals surface area contributed by atoms with Gasteiger partial charge in [-0.25, -0.2) is 0 Å². The fourth-order valence-electron chi connectivity index (χ4n) is 2.67. The first-order valence-electron chi connectivity index (χ1n) is 7.30. The number of hydrogen-bond acceptors (Lipinski definition) is 3. The van der Waals surface area contributed by atoms with Crippen LogP contribution in [-0.2, 0) is 0 Å². The van der Waals surface area contributed by atoms with Crippen LogP contribution >= 0.6 is 0 Å². The van der Waals surface area contributed by atoms with Gasteiger partial charge in [0.2, 0.25) is 0 Å². The largest absolute Gasteiger partial charge is 0.492 e. The molecule has 0 aromatic heterocycles. The predicted molar refractivity (Wildman–Crippen MR) is 79.5 cm³/mol. The molecule has 0 radical (unpaired) electrons. The smallest absolute Gasteiger partial charge is 0.119 e. The lowest BCUT2D eigenvalue weighted by Gasteiger charge is -2.33. The first-order chi connectivity index (χ1) is 9.15. The van der Waals surface area contributed by atoms with Crippen molar-refractivity contribution >= 4 is 0 Å². The maximum absolute atomic E-state index is 5.94. The van der Waals surface area contributed by atoms with Gasteiger partial charge in [-0.15, -0.1) is 0 Å². The fourth-order valence-corrected chi connectivity index (χ4v) is 2.67. The van der Waals surface area contributed by atoms with Gasteiger partial charge in [0.1, 0.15) is 12.4 Å². The molecule has 19 heavy (non-hydrogen) atoms. The van der Waals surface area contributed by atoms with E-state index in [0.29, 0.717) is 12.1 Å². The Morgan fingerprint density at radius 1 is 1.16 bits per heavy atom. The molecule has 0 heterocycles. The lowest BCUT2D eigenvalue weighted by Crippen LogP contribution is -2.40. The standard InChI is InChI=1S/C16H26N2O/c1-13-3-9-16(10-4-13)19-12-11-18(2)15-7-5-14(17)6-8-15/h3-4,9-10,14-15H,5-8,11-12,17H2,1-2H3. The Labute approximate surface area is 116 Å². The van der Waals surface area contributed by atoms with Gasteiger partial charge in [0.05, 0.1) is 0 Å². The average molecular weight is 262 g/mol. The quantitative estimate of drug-likeness (QED) is 0.886. The minimum atomic E-state index is 0.424. The summed E-state index contributed by atoms with van der Waals surface area (Å²) < 4.78 is 5.78. The van der Waals surface area contributed by atoms with Gasteiger partial charge in [0.25, 0.3) is 0 Å². The Morgan fingerprint density at radius 2 is 1.79 bits per heavy atom. The molecule has 0 unspecified atom stereocenters. The second-order valence-electron chi connectivity index (χ2n) is 5.71. The van der Waals surface area contributed by atoms with Crippen LogP contribution in [0.1, 0.15) is 31.2 Å². The van der Waals surface area contributed by atoms with E-state index in [1.807, 2.05) is 12.1 Å². The van der Waals surface area contributed by atoms with Gasteiger partial charge in [0, 0.05) is 18.6 Å². The lowest BCUT2D eigenvalue weighted by molar-refractivity contribution is 0.154. The molecule has 106 valence electrons. The molecule has 0 aliphatic heterocycles. The second-order valence-corrected chi connectivity index (χ2v) is 5.71. The monoisotopic (exact) mass is 262 g/mol. The Bertz CT molecular complexity index is 369. The van der Waals surface area contributed by atoms with Crippen molar-refractivity contribution in [1.82, 2.24) is 4.90 Å². The third-order valence-corrected chi connectivity index (χ3v) is 4.10. The highest BCUT2D eigenvalue weighted by molar-refractivity contribution is 5.26. The van der Waals surface area contributed by atoms with Gasteiger partial charge >= 0.3 is 0 Å². The van der Waals surface area contributed by atoms with E-state index in [-0.39, 0.29) is 0 Å². The number of nitrogens with zero attached hydrogens (tertiary/aromatic N) is 1. The van der Waals surface area contributed by atoms with Crippen LogP contribution in [0, 0.1) is 6.92 Å². The van der Waals surface area contributed by atoms with Crippen molar-refractivity contribution in [3.8, 4) is 5.75 Å². The minimum absolute atomic E-state index is 0.424. The van der Waals surface area contributed by atoms with E-state index in [1.165, 1.54) is 18.4 Å². The number of aryl methyl sites for hydroxylation is 1. The summed E-state index contributed by atoms with van der Waals surface area (Å²) in [6.07, 6.45) is 4.77. The minimum Gasteiger partial charge on any atom is -0.492 e. The molecule has 1 aromatic rings. The molecule has 2 rings (SSSR count). The molecular weight excluding hydrogens is 236 g/mol. The van der Waals surface area contributed by atoms with Crippen molar-refractivity contribution in [2.24, 2.45) is 5.73 Å². The zero-order chi connectivity index (χ0) is 13.7. The van der Waals surface area contributed by atoms with Gasteiger partial charge in [0.15, 0.2) is 0 Å². The first-order valence-corrected chi connectivity index (χ1v) is 7.30. The highest BCUT2D eigenvalue weighted by Gasteiger charge is 2.21. The van der Waals surface area contributed by atoms with Crippen LogP contribution in [0.15, 0.2) is 24.3 Å². The summed E-state index contributed by atoms with van der Waals surface area (Å²) in [5, 5.41) is 0. The zero-order valence-electron chi connectivity index (χ0n) is 12.1. The highest BCUT2D eigenvalue weighted by atomic mass is 16.5. The van der Waals surface area contributed by atoms with E-state index in [0.717, 1.165) is 31.7 Å². The van der Waals surface area contributed by atoms with Crippen molar-refractivity contribution in [2.75, 3.05) is 20.2 Å². The topological polar surface area (TPSA) is 38.5 Å². The molecule has 2 N–H and O–H groups in total. The van der Waals surface area contributed by atoms with Crippen molar-refractivity contribution < 1.29 is 4.74 Å².